The summed E-state index contributed by atoms with van der Waals surface area (Å²) in [5.41, 5.74) is 1.47. The molecule has 1 aliphatic carbocycles. The molecule has 1 saturated carbocycles. The van der Waals surface area contributed by atoms with Gasteiger partial charge >= 0.3 is 0 Å². The number of aromatic hydroxyl groups is 1. The van der Waals surface area contributed by atoms with Crippen molar-refractivity contribution in [2.75, 3.05) is 0 Å². The van der Waals surface area contributed by atoms with Crippen LogP contribution in [0.1, 0.15) is 48.2 Å². The summed E-state index contributed by atoms with van der Waals surface area (Å²) in [7, 11) is 0. The molecule has 1 aliphatic rings. The molecule has 0 aromatic carbocycles. The Morgan fingerprint density at radius 2 is 2.15 bits per heavy atom. The van der Waals surface area contributed by atoms with Gasteiger partial charge in [-0.1, -0.05) is 19.3 Å². The summed E-state index contributed by atoms with van der Waals surface area (Å²) < 4.78 is 1.28. The van der Waals surface area contributed by atoms with Crippen molar-refractivity contribution < 1.29 is 9.90 Å². The lowest BCUT2D eigenvalue weighted by Gasteiger charge is -2.22. The summed E-state index contributed by atoms with van der Waals surface area (Å²) in [4.78, 5) is 16.6. The van der Waals surface area contributed by atoms with Gasteiger partial charge in [-0.25, -0.2) is 4.98 Å². The van der Waals surface area contributed by atoms with Crippen LogP contribution in [-0.2, 0) is 0 Å². The van der Waals surface area contributed by atoms with Crippen LogP contribution < -0.4 is 5.32 Å². The third-order valence-corrected chi connectivity index (χ3v) is 3.77. The van der Waals surface area contributed by atoms with Crippen molar-refractivity contribution in [1.29, 1.82) is 0 Å². The van der Waals surface area contributed by atoms with E-state index < -0.39 is 0 Å². The second-order valence-corrected chi connectivity index (χ2v) is 5.36. The molecule has 0 saturated heterocycles. The number of aryl methyl sites for hydroxylation is 1. The lowest BCUT2D eigenvalue weighted by Crippen LogP contribution is -2.36. The summed E-state index contributed by atoms with van der Waals surface area (Å²) in [6.45, 7) is 1.77. The van der Waals surface area contributed by atoms with E-state index in [0.717, 1.165) is 25.7 Å². The van der Waals surface area contributed by atoms with Gasteiger partial charge in [0.25, 0.3) is 5.91 Å². The molecule has 2 heterocycles. The average Bonchev–Trinajstić information content (AvgIpc) is 2.84. The molecule has 3 rings (SSSR count). The van der Waals surface area contributed by atoms with E-state index >= 15 is 0 Å². The maximum Gasteiger partial charge on any atom is 0.256 e. The van der Waals surface area contributed by atoms with E-state index in [4.69, 9.17) is 0 Å². The SMILES string of the molecule is Cc1cc(O)n2ncc(C(=O)NC3CCCCC3)c2n1. The van der Waals surface area contributed by atoms with E-state index in [1.807, 2.05) is 0 Å². The van der Waals surface area contributed by atoms with Gasteiger partial charge in [0, 0.05) is 17.8 Å². The van der Waals surface area contributed by atoms with Crippen LogP contribution in [0.25, 0.3) is 5.65 Å². The van der Waals surface area contributed by atoms with Crippen LogP contribution in [0.5, 0.6) is 5.88 Å². The van der Waals surface area contributed by atoms with Crippen molar-refractivity contribution in [3.05, 3.63) is 23.5 Å². The van der Waals surface area contributed by atoms with Gasteiger partial charge in [-0.3, -0.25) is 4.79 Å². The van der Waals surface area contributed by atoms with Crippen molar-refractivity contribution in [3.63, 3.8) is 0 Å². The molecule has 20 heavy (non-hydrogen) atoms. The lowest BCUT2D eigenvalue weighted by molar-refractivity contribution is 0.0929. The highest BCUT2D eigenvalue weighted by molar-refractivity contribution is 5.99. The fourth-order valence-corrected chi connectivity index (χ4v) is 2.73. The molecule has 1 fully saturated rings. The van der Waals surface area contributed by atoms with Crippen molar-refractivity contribution in [2.45, 2.75) is 45.1 Å². The number of nitrogens with one attached hydrogen (secondary N) is 1. The van der Waals surface area contributed by atoms with Crippen molar-refractivity contribution in [3.8, 4) is 5.88 Å². The average molecular weight is 274 g/mol. The molecule has 0 aliphatic heterocycles. The smallest absolute Gasteiger partial charge is 0.256 e. The van der Waals surface area contributed by atoms with Crippen LogP contribution >= 0.6 is 0 Å². The minimum atomic E-state index is -0.163. The van der Waals surface area contributed by atoms with Crippen LogP contribution in [0.3, 0.4) is 0 Å². The van der Waals surface area contributed by atoms with E-state index in [9.17, 15) is 9.90 Å². The van der Waals surface area contributed by atoms with Gasteiger partial charge in [-0.15, -0.1) is 0 Å². The van der Waals surface area contributed by atoms with E-state index in [2.05, 4.69) is 15.4 Å². The van der Waals surface area contributed by atoms with Gasteiger partial charge in [0.15, 0.2) is 5.65 Å². The lowest BCUT2D eigenvalue weighted by atomic mass is 9.95. The van der Waals surface area contributed by atoms with E-state index in [-0.39, 0.29) is 17.8 Å². The van der Waals surface area contributed by atoms with Gasteiger partial charge in [-0.2, -0.15) is 9.61 Å². The molecule has 106 valence electrons. The number of nitrogens with zero attached hydrogens (tertiary/aromatic N) is 3. The second-order valence-electron chi connectivity index (χ2n) is 5.36. The zero-order valence-corrected chi connectivity index (χ0v) is 11.5. The largest absolute Gasteiger partial charge is 0.493 e. The van der Waals surface area contributed by atoms with Crippen LogP contribution in [0.2, 0.25) is 0 Å². The zero-order chi connectivity index (χ0) is 14.1. The number of carbonyl (C=O) groups is 1. The minimum Gasteiger partial charge on any atom is -0.493 e. The number of fused-ring (bicyclic) bond motifs is 1. The van der Waals surface area contributed by atoms with Crippen LogP contribution in [-0.4, -0.2) is 31.7 Å². The number of carbonyl (C=O) groups excluding carboxylic acids is 1. The van der Waals surface area contributed by atoms with Crippen LogP contribution in [0, 0.1) is 6.92 Å². The van der Waals surface area contributed by atoms with E-state index in [0.29, 0.717) is 16.9 Å². The van der Waals surface area contributed by atoms with Gasteiger partial charge in [-0.05, 0) is 19.8 Å². The molecule has 2 N–H and O–H groups in total. The fourth-order valence-electron chi connectivity index (χ4n) is 2.73. The molecular formula is C14H18N4O2. The Labute approximate surface area is 116 Å². The summed E-state index contributed by atoms with van der Waals surface area (Å²) in [6.07, 6.45) is 7.10. The number of hydrogen-bond acceptors (Lipinski definition) is 4. The number of amides is 1. The zero-order valence-electron chi connectivity index (χ0n) is 11.5. The van der Waals surface area contributed by atoms with Gasteiger partial charge < -0.3 is 10.4 Å². The summed E-state index contributed by atoms with van der Waals surface area (Å²) in [5.74, 6) is -0.173. The summed E-state index contributed by atoms with van der Waals surface area (Å²) >= 11 is 0. The van der Waals surface area contributed by atoms with E-state index in [1.54, 1.807) is 6.92 Å². The number of aromatic nitrogens is 3. The predicted octanol–water partition coefficient (Wildman–Crippen LogP) is 1.81. The maximum atomic E-state index is 12.3. The molecule has 2 aromatic rings. The predicted molar refractivity (Wildman–Crippen MR) is 73.7 cm³/mol. The third kappa shape index (κ3) is 2.33. The molecular weight excluding hydrogens is 256 g/mol. The molecule has 6 heteroatoms. The Morgan fingerprint density at radius 3 is 2.90 bits per heavy atom. The minimum absolute atomic E-state index is 0.00998. The Balaban J connectivity index is 1.87. The summed E-state index contributed by atoms with van der Waals surface area (Å²) in [6, 6.07) is 1.76. The highest BCUT2D eigenvalue weighted by atomic mass is 16.3. The highest BCUT2D eigenvalue weighted by Crippen LogP contribution is 2.19. The molecule has 1 amide bonds. The molecule has 0 unspecified atom stereocenters. The van der Waals surface area contributed by atoms with Crippen LogP contribution in [0.4, 0.5) is 0 Å². The van der Waals surface area contributed by atoms with Gasteiger partial charge in [0.05, 0.1) is 6.20 Å². The van der Waals surface area contributed by atoms with Gasteiger partial charge in [0.2, 0.25) is 5.88 Å². The standard InChI is InChI=1S/C14H18N4O2/c1-9-7-12(19)18-13(16-9)11(8-15-18)14(20)17-10-5-3-2-4-6-10/h7-8,10,19H,2-6H2,1H3,(H,17,20). The first-order valence-corrected chi connectivity index (χ1v) is 7.00. The maximum absolute atomic E-state index is 12.3. The monoisotopic (exact) mass is 274 g/mol. The number of rotatable bonds is 2. The molecule has 0 atom stereocenters. The molecule has 6 nitrogen and oxygen atoms in total. The van der Waals surface area contributed by atoms with E-state index in [1.165, 1.54) is 23.2 Å². The second kappa shape index (κ2) is 5.11. The van der Waals surface area contributed by atoms with Crippen LogP contribution in [0.15, 0.2) is 12.3 Å². The molecule has 0 spiro atoms. The first-order valence-electron chi connectivity index (χ1n) is 7.00. The quantitative estimate of drug-likeness (QED) is 0.875. The topological polar surface area (TPSA) is 79.5 Å². The number of hydrogen-bond donors (Lipinski definition) is 2. The first kappa shape index (κ1) is 12.9. The van der Waals surface area contributed by atoms with Gasteiger partial charge in [0.1, 0.15) is 5.56 Å². The summed E-state index contributed by atoms with van der Waals surface area (Å²) in [5, 5.41) is 16.9. The molecule has 2 aromatic heterocycles. The Hall–Kier alpha value is -2.11. The Bertz CT molecular complexity index is 644. The molecule has 0 radical (unpaired) electrons. The first-order chi connectivity index (χ1) is 9.65. The Kier molecular flexibility index (Phi) is 3.30. The highest BCUT2D eigenvalue weighted by Gasteiger charge is 2.20. The van der Waals surface area contributed by atoms with Crippen molar-refractivity contribution in [2.24, 2.45) is 0 Å². The Morgan fingerprint density at radius 1 is 1.40 bits per heavy atom. The third-order valence-electron chi connectivity index (χ3n) is 3.77. The van der Waals surface area contributed by atoms with Crippen molar-refractivity contribution >= 4 is 11.6 Å². The molecule has 0 bridgehead atoms. The fraction of sp³-hybridized carbons (Fsp3) is 0.500. The van der Waals surface area contributed by atoms with Crippen molar-refractivity contribution in [1.82, 2.24) is 19.9 Å². The normalized spacial score (nSPS) is 16.4.